The fraction of sp³-hybridized carbons (Fsp3) is 0.854. The lowest BCUT2D eigenvalue weighted by atomic mass is 9.32. The number of fused-ring (bicyclic) bond motifs is 7. The number of hydrogen-bond donors (Lipinski definition) is 2. The maximum absolute atomic E-state index is 13.3. The van der Waals surface area contributed by atoms with Crippen LogP contribution in [0.15, 0.2) is 12.2 Å². The number of aliphatic carboxylic acids is 1. The summed E-state index contributed by atoms with van der Waals surface area (Å²) in [6.45, 7) is 23.2. The number of nitriles is 1. The molecule has 0 bridgehead atoms. The molecule has 0 saturated heterocycles. The topological polar surface area (TPSA) is 116 Å². The van der Waals surface area contributed by atoms with Gasteiger partial charge in [0.05, 0.1) is 25.3 Å². The van der Waals surface area contributed by atoms with E-state index in [1.54, 1.807) is 0 Å². The molecule has 5 aliphatic rings. The van der Waals surface area contributed by atoms with E-state index in [2.05, 4.69) is 59.5 Å². The van der Waals surface area contributed by atoms with Crippen molar-refractivity contribution >= 4 is 17.8 Å². The van der Waals surface area contributed by atoms with Gasteiger partial charge in [-0.3, -0.25) is 14.4 Å². The molecule has 1 amide bonds. The van der Waals surface area contributed by atoms with Crippen LogP contribution in [0.4, 0.5) is 0 Å². The summed E-state index contributed by atoms with van der Waals surface area (Å²) in [5, 5.41) is 21.4. The van der Waals surface area contributed by atoms with Crippen LogP contribution in [0, 0.1) is 73.4 Å². The van der Waals surface area contributed by atoms with Crippen molar-refractivity contribution in [2.75, 3.05) is 6.54 Å². The Kier molecular flexibility index (Phi) is 9.81. The second-order valence-corrected chi connectivity index (χ2v) is 19.2. The Morgan fingerprint density at radius 3 is 2.27 bits per heavy atom. The molecule has 0 radical (unpaired) electrons. The summed E-state index contributed by atoms with van der Waals surface area (Å²) >= 11 is 0. The lowest BCUT2D eigenvalue weighted by Gasteiger charge is -2.73. The predicted octanol–water partition coefficient (Wildman–Crippen LogP) is 8.87. The van der Waals surface area contributed by atoms with E-state index in [9.17, 15) is 19.5 Å². The van der Waals surface area contributed by atoms with E-state index < -0.39 is 11.4 Å². The molecule has 0 aliphatic heterocycles. The number of amides is 1. The molecule has 5 rings (SSSR count). The van der Waals surface area contributed by atoms with Crippen LogP contribution in [0.3, 0.4) is 0 Å². The molecule has 1 unspecified atom stereocenters. The first-order valence-corrected chi connectivity index (χ1v) is 19.0. The number of ether oxygens (including phenoxy) is 1. The van der Waals surface area contributed by atoms with Gasteiger partial charge in [0.25, 0.3) is 0 Å². The fourth-order valence-electron chi connectivity index (χ4n) is 13.5. The number of carbonyl (C=O) groups excluding carboxylic acids is 2. The number of carboxylic acids is 1. The highest BCUT2D eigenvalue weighted by Crippen LogP contribution is 2.78. The molecule has 0 aromatic rings. The van der Waals surface area contributed by atoms with Gasteiger partial charge in [-0.15, -0.1) is 0 Å². The van der Waals surface area contributed by atoms with Crippen LogP contribution in [0.5, 0.6) is 0 Å². The Balaban J connectivity index is 1.38. The molecule has 48 heavy (non-hydrogen) atoms. The summed E-state index contributed by atoms with van der Waals surface area (Å²) in [6.07, 6.45) is 11.9. The van der Waals surface area contributed by atoms with Crippen LogP contribution in [0.1, 0.15) is 145 Å². The van der Waals surface area contributed by atoms with Crippen molar-refractivity contribution < 1.29 is 24.2 Å². The van der Waals surface area contributed by atoms with E-state index in [0.717, 1.165) is 44.9 Å². The minimum Gasteiger partial charge on any atom is -0.481 e. The minimum atomic E-state index is -0.889. The third-order valence-corrected chi connectivity index (χ3v) is 15.8. The number of carbonyl (C=O) groups is 3. The van der Waals surface area contributed by atoms with Gasteiger partial charge in [-0.1, -0.05) is 60.6 Å². The highest BCUT2D eigenvalue weighted by molar-refractivity contribution is 5.77. The van der Waals surface area contributed by atoms with Crippen molar-refractivity contribution in [1.82, 2.24) is 5.32 Å². The summed E-state index contributed by atoms with van der Waals surface area (Å²) < 4.78 is 6.25. The number of esters is 1. The van der Waals surface area contributed by atoms with Gasteiger partial charge in [0, 0.05) is 18.4 Å². The van der Waals surface area contributed by atoms with Crippen LogP contribution in [-0.2, 0) is 19.1 Å². The van der Waals surface area contributed by atoms with E-state index in [-0.39, 0.29) is 57.9 Å². The molecule has 5 fully saturated rings. The number of nitrogens with one attached hydrogen (secondary N) is 1. The van der Waals surface area contributed by atoms with Crippen molar-refractivity contribution in [2.45, 2.75) is 151 Å². The molecule has 0 aromatic carbocycles. The summed E-state index contributed by atoms with van der Waals surface area (Å²) in [5.41, 5.74) is 0.988. The van der Waals surface area contributed by atoms with Crippen molar-refractivity contribution in [1.29, 1.82) is 5.26 Å². The van der Waals surface area contributed by atoms with Gasteiger partial charge < -0.3 is 15.2 Å². The molecule has 5 aliphatic carbocycles. The number of hydrogen-bond acceptors (Lipinski definition) is 5. The van der Waals surface area contributed by atoms with Gasteiger partial charge in [-0.25, -0.2) is 0 Å². The first-order valence-electron chi connectivity index (χ1n) is 19.0. The highest BCUT2D eigenvalue weighted by Gasteiger charge is 2.71. The Hall–Kier alpha value is -2.36. The van der Waals surface area contributed by atoms with Crippen LogP contribution in [-0.4, -0.2) is 35.6 Å². The van der Waals surface area contributed by atoms with Gasteiger partial charge >= 0.3 is 11.9 Å². The van der Waals surface area contributed by atoms with Gasteiger partial charge in [0.1, 0.15) is 6.10 Å². The minimum absolute atomic E-state index is 0.0117. The maximum atomic E-state index is 13.3. The second kappa shape index (κ2) is 12.8. The van der Waals surface area contributed by atoms with E-state index in [4.69, 9.17) is 10.00 Å². The quantitative estimate of drug-likeness (QED) is 0.137. The van der Waals surface area contributed by atoms with E-state index >= 15 is 0 Å². The van der Waals surface area contributed by atoms with Crippen molar-refractivity contribution in [3.05, 3.63) is 12.2 Å². The summed E-state index contributed by atoms with van der Waals surface area (Å²) in [6, 6.07) is 2.15. The molecule has 5 saturated carbocycles. The molecule has 10 atom stereocenters. The maximum Gasteiger partial charge on any atom is 0.306 e. The fourth-order valence-corrected chi connectivity index (χ4v) is 13.5. The van der Waals surface area contributed by atoms with E-state index in [0.29, 0.717) is 49.0 Å². The van der Waals surface area contributed by atoms with Crippen LogP contribution < -0.4 is 5.32 Å². The molecule has 0 spiro atoms. The van der Waals surface area contributed by atoms with Crippen LogP contribution in [0.2, 0.25) is 0 Å². The first-order chi connectivity index (χ1) is 22.3. The molecule has 0 aromatic heterocycles. The normalized spacial score (nSPS) is 41.4. The standard InChI is InChI=1S/C41H64N2O5/c1-26(2)27-13-18-41(23-32(44)43-22-10-21-42)20-19-39(8)28(35(27)41)11-12-30-38(7)16-15-31(37(5,6)29(38)14-17-40(30,39)9)48-34(47)25-36(3,4)24-33(45)46/h27-31,35H,1,10-20,22-25H2,2-9H3,(H,43,44)(H,45,46)/t27-,28+,29-,30+,31-,35+,38-,39+,40+,41?/m0/s1. The average molecular weight is 665 g/mol. The number of rotatable bonds is 10. The largest absolute Gasteiger partial charge is 0.481 e. The Labute approximate surface area is 290 Å². The Morgan fingerprint density at radius 1 is 0.917 bits per heavy atom. The van der Waals surface area contributed by atoms with Crippen molar-refractivity contribution in [3.8, 4) is 6.07 Å². The highest BCUT2D eigenvalue weighted by atomic mass is 16.5. The van der Waals surface area contributed by atoms with Gasteiger partial charge in [-0.05, 0) is 128 Å². The number of allylic oxidation sites excluding steroid dienone is 1. The summed E-state index contributed by atoms with van der Waals surface area (Å²) in [7, 11) is 0. The SMILES string of the molecule is C=C(C)[C@@H]1CCC2(CC(=O)NCCC#N)CC[C@]3(C)[C@H](CC[C@@H]4[C@@]5(C)CC[C@H](OC(=O)CC(C)(C)CC(=O)O)C(C)(C)[C@@H]5CC[C@]43C)[C@@H]12. The monoisotopic (exact) mass is 664 g/mol. The predicted molar refractivity (Wildman–Crippen MR) is 187 cm³/mol. The smallest absolute Gasteiger partial charge is 0.306 e. The third-order valence-electron chi connectivity index (χ3n) is 15.8. The summed E-state index contributed by atoms with van der Waals surface area (Å²) in [5.74, 6) is 1.46. The molecule has 0 heterocycles. The van der Waals surface area contributed by atoms with Crippen LogP contribution in [0.25, 0.3) is 0 Å². The number of carboxylic acid groups (broad SMARTS) is 1. The zero-order chi connectivity index (χ0) is 35.5. The zero-order valence-corrected chi connectivity index (χ0v) is 31.3. The molecular formula is C41H64N2O5. The van der Waals surface area contributed by atoms with Gasteiger partial charge in [-0.2, -0.15) is 5.26 Å². The molecular weight excluding hydrogens is 600 g/mol. The van der Waals surface area contributed by atoms with Crippen LogP contribution >= 0.6 is 0 Å². The lowest BCUT2D eigenvalue weighted by Crippen LogP contribution is -2.67. The molecule has 7 heteroatoms. The summed E-state index contributed by atoms with van der Waals surface area (Å²) in [4.78, 5) is 37.8. The van der Waals surface area contributed by atoms with Gasteiger partial charge in [0.2, 0.25) is 5.91 Å². The molecule has 268 valence electrons. The van der Waals surface area contributed by atoms with E-state index in [1.165, 1.54) is 24.8 Å². The first kappa shape index (κ1) is 36.9. The zero-order valence-electron chi connectivity index (χ0n) is 31.3. The lowest BCUT2D eigenvalue weighted by molar-refractivity contribution is -0.250. The van der Waals surface area contributed by atoms with Crippen molar-refractivity contribution in [2.24, 2.45) is 62.1 Å². The van der Waals surface area contributed by atoms with E-state index in [1.807, 2.05) is 13.8 Å². The van der Waals surface area contributed by atoms with Crippen molar-refractivity contribution in [3.63, 3.8) is 0 Å². The Morgan fingerprint density at radius 2 is 1.62 bits per heavy atom. The molecule has 2 N–H and O–H groups in total. The molecule has 7 nitrogen and oxygen atoms in total. The van der Waals surface area contributed by atoms with Gasteiger partial charge in [0.15, 0.2) is 0 Å². The third kappa shape index (κ3) is 6.04. The second-order valence-electron chi connectivity index (χ2n) is 19.2. The Bertz CT molecular complexity index is 1350. The average Bonchev–Trinajstić information content (AvgIpc) is 3.33. The number of nitrogens with zero attached hydrogens (tertiary/aromatic N) is 1.